The first-order valence-corrected chi connectivity index (χ1v) is 6.61. The molecular formula is C10H13F2N3O3S. The zero-order chi connectivity index (χ0) is 14.6. The summed E-state index contributed by atoms with van der Waals surface area (Å²) in [7, 11) is -2.70. The van der Waals surface area contributed by atoms with Gasteiger partial charge in [0.05, 0.1) is 4.90 Å². The second-order valence-electron chi connectivity index (χ2n) is 3.74. The monoisotopic (exact) mass is 293 g/mol. The summed E-state index contributed by atoms with van der Waals surface area (Å²) in [5.41, 5.74) is 5.22. The van der Waals surface area contributed by atoms with E-state index in [1.54, 1.807) is 0 Å². The van der Waals surface area contributed by atoms with Gasteiger partial charge in [-0.3, -0.25) is 0 Å². The number of nitrogens with zero attached hydrogens (tertiary/aromatic N) is 2. The molecular weight excluding hydrogens is 280 g/mol. The van der Waals surface area contributed by atoms with Crippen LogP contribution in [0.3, 0.4) is 0 Å². The van der Waals surface area contributed by atoms with Crippen LogP contribution in [0.4, 0.5) is 8.78 Å². The minimum Gasteiger partial charge on any atom is -0.409 e. The molecule has 0 spiro atoms. The largest absolute Gasteiger partial charge is 0.409 e. The Morgan fingerprint density at radius 2 is 2.05 bits per heavy atom. The van der Waals surface area contributed by atoms with Crippen LogP contribution < -0.4 is 5.73 Å². The van der Waals surface area contributed by atoms with Gasteiger partial charge < -0.3 is 10.9 Å². The zero-order valence-corrected chi connectivity index (χ0v) is 10.9. The second kappa shape index (κ2) is 5.93. The van der Waals surface area contributed by atoms with Crippen LogP contribution in [0.15, 0.2) is 28.3 Å². The molecule has 1 aromatic rings. The highest BCUT2D eigenvalue weighted by Crippen LogP contribution is 2.17. The summed E-state index contributed by atoms with van der Waals surface area (Å²) in [6.07, 6.45) is 0.00983. The van der Waals surface area contributed by atoms with E-state index in [0.29, 0.717) is 6.07 Å². The molecule has 0 aliphatic rings. The summed E-state index contributed by atoms with van der Waals surface area (Å²) in [4.78, 5) is -0.367. The van der Waals surface area contributed by atoms with E-state index in [1.165, 1.54) is 7.05 Å². The van der Waals surface area contributed by atoms with Crippen LogP contribution in [-0.2, 0) is 10.0 Å². The second-order valence-corrected chi connectivity index (χ2v) is 5.79. The number of halogens is 2. The Balaban J connectivity index is 2.93. The number of rotatable bonds is 5. The number of hydrogen-bond acceptors (Lipinski definition) is 4. The SMILES string of the molecule is CN(CC/C(N)=N/O)S(=O)(=O)c1ccc(F)c(F)c1. The molecule has 0 fully saturated rings. The van der Waals surface area contributed by atoms with Gasteiger partial charge in [0, 0.05) is 20.0 Å². The fourth-order valence-electron chi connectivity index (χ4n) is 1.26. The van der Waals surface area contributed by atoms with Gasteiger partial charge in [0.25, 0.3) is 0 Å². The Kier molecular flexibility index (Phi) is 4.78. The minimum atomic E-state index is -3.95. The van der Waals surface area contributed by atoms with E-state index in [-0.39, 0.29) is 23.7 Å². The molecule has 9 heteroatoms. The Morgan fingerprint density at radius 3 is 2.58 bits per heavy atom. The van der Waals surface area contributed by atoms with Gasteiger partial charge in [-0.25, -0.2) is 21.5 Å². The molecule has 0 unspecified atom stereocenters. The predicted octanol–water partition coefficient (Wildman–Crippen LogP) is 0.722. The number of hydrogen-bond donors (Lipinski definition) is 2. The van der Waals surface area contributed by atoms with Crippen LogP contribution in [0, 0.1) is 11.6 Å². The lowest BCUT2D eigenvalue weighted by molar-refractivity contribution is 0.316. The van der Waals surface area contributed by atoms with Crippen LogP contribution in [0.1, 0.15) is 6.42 Å². The molecule has 1 aromatic carbocycles. The normalized spacial score (nSPS) is 12.9. The van der Waals surface area contributed by atoms with Crippen molar-refractivity contribution in [1.82, 2.24) is 4.31 Å². The van der Waals surface area contributed by atoms with Gasteiger partial charge in [0.15, 0.2) is 11.6 Å². The summed E-state index contributed by atoms with van der Waals surface area (Å²) in [6.45, 7) is -0.0583. The number of nitrogens with two attached hydrogens (primary N) is 1. The van der Waals surface area contributed by atoms with Crippen molar-refractivity contribution in [1.29, 1.82) is 0 Å². The number of benzene rings is 1. The van der Waals surface area contributed by atoms with Crippen LogP contribution in [0.25, 0.3) is 0 Å². The van der Waals surface area contributed by atoms with Crippen LogP contribution >= 0.6 is 0 Å². The zero-order valence-electron chi connectivity index (χ0n) is 10.0. The average molecular weight is 293 g/mol. The van der Waals surface area contributed by atoms with E-state index in [2.05, 4.69) is 5.16 Å². The quantitative estimate of drug-likeness (QED) is 0.362. The first-order chi connectivity index (χ1) is 8.78. The Morgan fingerprint density at radius 1 is 1.42 bits per heavy atom. The summed E-state index contributed by atoms with van der Waals surface area (Å²) in [5.74, 6) is -2.50. The lowest BCUT2D eigenvalue weighted by atomic mass is 10.3. The molecule has 6 nitrogen and oxygen atoms in total. The lowest BCUT2D eigenvalue weighted by Crippen LogP contribution is -2.30. The summed E-state index contributed by atoms with van der Waals surface area (Å²) in [5, 5.41) is 11.0. The van der Waals surface area contributed by atoms with Gasteiger partial charge in [0.1, 0.15) is 5.84 Å². The standard InChI is InChI=1S/C10H13F2N3O3S/c1-15(5-4-10(13)14-16)19(17,18)7-2-3-8(11)9(12)6-7/h2-3,6,16H,4-5H2,1H3,(H2,13,14). The molecule has 106 valence electrons. The van der Waals surface area contributed by atoms with Crippen molar-refractivity contribution in [2.24, 2.45) is 10.9 Å². The maximum atomic E-state index is 13.0. The molecule has 0 saturated carbocycles. The Hall–Kier alpha value is -1.74. The smallest absolute Gasteiger partial charge is 0.242 e. The Bertz CT molecular complexity index is 590. The van der Waals surface area contributed by atoms with E-state index in [4.69, 9.17) is 10.9 Å². The van der Waals surface area contributed by atoms with Gasteiger partial charge in [-0.15, -0.1) is 0 Å². The van der Waals surface area contributed by atoms with Gasteiger partial charge in [-0.2, -0.15) is 0 Å². The minimum absolute atomic E-state index is 0.00983. The highest BCUT2D eigenvalue weighted by Gasteiger charge is 2.22. The van der Waals surface area contributed by atoms with Crippen molar-refractivity contribution >= 4 is 15.9 Å². The number of amidine groups is 1. The molecule has 0 aromatic heterocycles. The molecule has 19 heavy (non-hydrogen) atoms. The summed E-state index contributed by atoms with van der Waals surface area (Å²) in [6, 6.07) is 2.30. The molecule has 0 heterocycles. The molecule has 3 N–H and O–H groups in total. The maximum Gasteiger partial charge on any atom is 0.242 e. The van der Waals surface area contributed by atoms with Gasteiger partial charge in [-0.05, 0) is 18.2 Å². The van der Waals surface area contributed by atoms with E-state index in [0.717, 1.165) is 16.4 Å². The van der Waals surface area contributed by atoms with Crippen LogP contribution in [0.2, 0.25) is 0 Å². The van der Waals surface area contributed by atoms with Crippen molar-refractivity contribution < 1.29 is 22.4 Å². The van der Waals surface area contributed by atoms with Crippen molar-refractivity contribution in [2.45, 2.75) is 11.3 Å². The highest BCUT2D eigenvalue weighted by molar-refractivity contribution is 7.89. The third-order valence-electron chi connectivity index (χ3n) is 2.41. The van der Waals surface area contributed by atoms with Gasteiger partial charge >= 0.3 is 0 Å². The fraction of sp³-hybridized carbons (Fsp3) is 0.300. The summed E-state index contributed by atoms with van der Waals surface area (Å²) >= 11 is 0. The van der Waals surface area contributed by atoms with Crippen molar-refractivity contribution in [3.05, 3.63) is 29.8 Å². The maximum absolute atomic E-state index is 13.0. The number of sulfonamides is 1. The van der Waals surface area contributed by atoms with E-state index in [9.17, 15) is 17.2 Å². The third-order valence-corrected chi connectivity index (χ3v) is 4.26. The third kappa shape index (κ3) is 3.61. The van der Waals surface area contributed by atoms with E-state index >= 15 is 0 Å². The number of oxime groups is 1. The van der Waals surface area contributed by atoms with Gasteiger partial charge in [-0.1, -0.05) is 5.16 Å². The summed E-state index contributed by atoms with van der Waals surface area (Å²) < 4.78 is 50.6. The fourth-order valence-corrected chi connectivity index (χ4v) is 2.44. The molecule has 0 bridgehead atoms. The van der Waals surface area contributed by atoms with Crippen LogP contribution in [0.5, 0.6) is 0 Å². The molecule has 0 amide bonds. The van der Waals surface area contributed by atoms with Crippen LogP contribution in [-0.4, -0.2) is 37.4 Å². The lowest BCUT2D eigenvalue weighted by Gasteiger charge is -2.16. The molecule has 0 aliphatic heterocycles. The van der Waals surface area contributed by atoms with Gasteiger partial charge in [0.2, 0.25) is 10.0 Å². The highest BCUT2D eigenvalue weighted by atomic mass is 32.2. The predicted molar refractivity (Wildman–Crippen MR) is 64.2 cm³/mol. The van der Waals surface area contributed by atoms with Crippen molar-refractivity contribution in [3.8, 4) is 0 Å². The average Bonchev–Trinajstić information content (AvgIpc) is 2.38. The van der Waals surface area contributed by atoms with Crippen molar-refractivity contribution in [3.63, 3.8) is 0 Å². The topological polar surface area (TPSA) is 96.0 Å². The first kappa shape index (κ1) is 15.3. The molecule has 0 aliphatic carbocycles. The Labute approximate surface area is 109 Å². The molecule has 1 rings (SSSR count). The van der Waals surface area contributed by atoms with E-state index < -0.39 is 21.7 Å². The molecule has 0 radical (unpaired) electrons. The first-order valence-electron chi connectivity index (χ1n) is 5.17. The molecule has 0 atom stereocenters. The van der Waals surface area contributed by atoms with E-state index in [1.807, 2.05) is 0 Å². The molecule has 0 saturated heterocycles. The van der Waals surface area contributed by atoms with Crippen molar-refractivity contribution in [2.75, 3.05) is 13.6 Å².